The molecule has 1 fully saturated rings. The first-order chi connectivity index (χ1) is 8.70. The minimum Gasteiger partial charge on any atom is -0.329 e. The zero-order chi connectivity index (χ0) is 13.0. The molecule has 0 radical (unpaired) electrons. The van der Waals surface area contributed by atoms with Gasteiger partial charge in [-0.1, -0.05) is 13.8 Å². The van der Waals surface area contributed by atoms with Crippen molar-refractivity contribution >= 4 is 11.3 Å². The molecule has 1 unspecified atom stereocenters. The molecule has 1 saturated heterocycles. The number of nitrogens with zero attached hydrogens (tertiary/aromatic N) is 2. The summed E-state index contributed by atoms with van der Waals surface area (Å²) in [5.74, 6) is 0.763. The van der Waals surface area contributed by atoms with Crippen molar-refractivity contribution in [1.82, 2.24) is 9.80 Å². The Morgan fingerprint density at radius 3 is 2.50 bits per heavy atom. The van der Waals surface area contributed by atoms with Gasteiger partial charge in [0, 0.05) is 45.3 Å². The van der Waals surface area contributed by atoms with E-state index in [4.69, 9.17) is 5.73 Å². The van der Waals surface area contributed by atoms with E-state index in [1.54, 1.807) is 11.3 Å². The molecule has 0 spiro atoms. The van der Waals surface area contributed by atoms with Gasteiger partial charge in [0.2, 0.25) is 0 Å². The quantitative estimate of drug-likeness (QED) is 0.886. The highest BCUT2D eigenvalue weighted by molar-refractivity contribution is 7.07. The van der Waals surface area contributed by atoms with Crippen molar-refractivity contribution in [3.63, 3.8) is 0 Å². The summed E-state index contributed by atoms with van der Waals surface area (Å²) in [6, 6.07) is 2.63. The molecule has 1 atom stereocenters. The number of rotatable bonds is 5. The molecule has 0 bridgehead atoms. The zero-order valence-electron chi connectivity index (χ0n) is 11.5. The van der Waals surface area contributed by atoms with Crippen LogP contribution in [-0.2, 0) is 0 Å². The van der Waals surface area contributed by atoms with Crippen LogP contribution in [0.15, 0.2) is 16.8 Å². The van der Waals surface area contributed by atoms with Gasteiger partial charge in [-0.2, -0.15) is 11.3 Å². The maximum absolute atomic E-state index is 5.96. The standard InChI is InChI=1S/C14H25N3S/c1-12(2)10-16-4-6-17(7-5-16)14(9-15)13-3-8-18-11-13/h3,8,11-12,14H,4-7,9-10,15H2,1-2H3. The summed E-state index contributed by atoms with van der Waals surface area (Å²) in [6.07, 6.45) is 0. The van der Waals surface area contributed by atoms with Gasteiger partial charge in [0.25, 0.3) is 0 Å². The Morgan fingerprint density at radius 1 is 1.28 bits per heavy atom. The van der Waals surface area contributed by atoms with Crippen molar-refractivity contribution in [1.29, 1.82) is 0 Å². The number of hydrogen-bond acceptors (Lipinski definition) is 4. The summed E-state index contributed by atoms with van der Waals surface area (Å²) in [4.78, 5) is 5.11. The van der Waals surface area contributed by atoms with Gasteiger partial charge in [0.05, 0.1) is 0 Å². The van der Waals surface area contributed by atoms with E-state index in [2.05, 4.69) is 40.5 Å². The lowest BCUT2D eigenvalue weighted by atomic mass is 10.1. The molecule has 102 valence electrons. The van der Waals surface area contributed by atoms with Crippen LogP contribution in [0.25, 0.3) is 0 Å². The van der Waals surface area contributed by atoms with E-state index in [1.807, 2.05) is 0 Å². The lowest BCUT2D eigenvalue weighted by molar-refractivity contribution is 0.0914. The average molecular weight is 267 g/mol. The lowest BCUT2D eigenvalue weighted by Gasteiger charge is -2.39. The van der Waals surface area contributed by atoms with E-state index in [0.29, 0.717) is 6.04 Å². The summed E-state index contributed by atoms with van der Waals surface area (Å²) in [6.45, 7) is 11.2. The highest BCUT2D eigenvalue weighted by atomic mass is 32.1. The Bertz CT molecular complexity index is 329. The molecular weight excluding hydrogens is 242 g/mol. The zero-order valence-corrected chi connectivity index (χ0v) is 12.3. The van der Waals surface area contributed by atoms with Crippen LogP contribution in [0.1, 0.15) is 25.5 Å². The van der Waals surface area contributed by atoms with Crippen LogP contribution in [0.2, 0.25) is 0 Å². The molecule has 0 aromatic carbocycles. The Kier molecular flexibility index (Phi) is 5.18. The van der Waals surface area contributed by atoms with Gasteiger partial charge in [0.1, 0.15) is 0 Å². The fourth-order valence-corrected chi connectivity index (χ4v) is 3.44. The Balaban J connectivity index is 1.88. The second-order valence-corrected chi connectivity index (χ2v) is 6.32. The molecule has 4 heteroatoms. The monoisotopic (exact) mass is 267 g/mol. The number of nitrogens with two attached hydrogens (primary N) is 1. The van der Waals surface area contributed by atoms with Crippen molar-refractivity contribution in [3.05, 3.63) is 22.4 Å². The summed E-state index contributed by atoms with van der Waals surface area (Å²) >= 11 is 1.76. The van der Waals surface area contributed by atoms with Crippen LogP contribution in [0.3, 0.4) is 0 Å². The molecule has 3 nitrogen and oxygen atoms in total. The third-order valence-electron chi connectivity index (χ3n) is 3.62. The predicted octanol–water partition coefficient (Wildman–Crippen LogP) is 2.02. The highest BCUT2D eigenvalue weighted by Crippen LogP contribution is 2.23. The second kappa shape index (κ2) is 6.66. The van der Waals surface area contributed by atoms with E-state index < -0.39 is 0 Å². The summed E-state index contributed by atoms with van der Waals surface area (Å²) < 4.78 is 0. The smallest absolute Gasteiger partial charge is 0.0479 e. The van der Waals surface area contributed by atoms with E-state index in [9.17, 15) is 0 Å². The van der Waals surface area contributed by atoms with Crippen molar-refractivity contribution < 1.29 is 0 Å². The maximum Gasteiger partial charge on any atom is 0.0479 e. The SMILES string of the molecule is CC(C)CN1CCN(C(CN)c2ccsc2)CC1. The van der Waals surface area contributed by atoms with E-state index in [-0.39, 0.29) is 0 Å². The third-order valence-corrected chi connectivity index (χ3v) is 4.32. The minimum atomic E-state index is 0.414. The first kappa shape index (κ1) is 14.0. The van der Waals surface area contributed by atoms with E-state index in [0.717, 1.165) is 25.6 Å². The molecule has 0 amide bonds. The predicted molar refractivity (Wildman–Crippen MR) is 79.0 cm³/mol. The Morgan fingerprint density at radius 2 is 2.00 bits per heavy atom. The molecule has 1 aliphatic rings. The molecule has 1 aromatic heterocycles. The Hall–Kier alpha value is -0.420. The van der Waals surface area contributed by atoms with Gasteiger partial charge in [-0.25, -0.2) is 0 Å². The van der Waals surface area contributed by atoms with Crippen LogP contribution in [0.4, 0.5) is 0 Å². The molecule has 1 aliphatic heterocycles. The van der Waals surface area contributed by atoms with Crippen molar-refractivity contribution in [2.45, 2.75) is 19.9 Å². The van der Waals surface area contributed by atoms with Crippen LogP contribution >= 0.6 is 11.3 Å². The van der Waals surface area contributed by atoms with Crippen LogP contribution in [0.5, 0.6) is 0 Å². The van der Waals surface area contributed by atoms with E-state index in [1.165, 1.54) is 25.2 Å². The molecule has 2 N–H and O–H groups in total. The number of thiophene rings is 1. The van der Waals surface area contributed by atoms with Crippen LogP contribution < -0.4 is 5.73 Å². The maximum atomic E-state index is 5.96. The molecule has 2 rings (SSSR count). The summed E-state index contributed by atoms with van der Waals surface area (Å²) in [5, 5.41) is 4.38. The third kappa shape index (κ3) is 3.54. The fraction of sp³-hybridized carbons (Fsp3) is 0.714. The van der Waals surface area contributed by atoms with Crippen LogP contribution in [-0.4, -0.2) is 49.1 Å². The average Bonchev–Trinajstić information content (AvgIpc) is 2.85. The highest BCUT2D eigenvalue weighted by Gasteiger charge is 2.24. The summed E-state index contributed by atoms with van der Waals surface area (Å²) in [5.41, 5.74) is 7.35. The van der Waals surface area contributed by atoms with Gasteiger partial charge >= 0.3 is 0 Å². The molecule has 0 aliphatic carbocycles. The van der Waals surface area contributed by atoms with Crippen molar-refractivity contribution in [2.24, 2.45) is 11.7 Å². The molecular formula is C14H25N3S. The van der Waals surface area contributed by atoms with Gasteiger partial charge in [-0.15, -0.1) is 0 Å². The van der Waals surface area contributed by atoms with Gasteiger partial charge < -0.3 is 10.6 Å². The summed E-state index contributed by atoms with van der Waals surface area (Å²) in [7, 11) is 0. The number of hydrogen-bond donors (Lipinski definition) is 1. The largest absolute Gasteiger partial charge is 0.329 e. The van der Waals surface area contributed by atoms with Crippen LogP contribution in [0, 0.1) is 5.92 Å². The van der Waals surface area contributed by atoms with Gasteiger partial charge in [0.15, 0.2) is 0 Å². The van der Waals surface area contributed by atoms with Gasteiger partial charge in [-0.05, 0) is 28.3 Å². The van der Waals surface area contributed by atoms with Crippen molar-refractivity contribution in [3.8, 4) is 0 Å². The normalized spacial score (nSPS) is 20.4. The Labute approximate surface area is 115 Å². The number of piperazine rings is 1. The first-order valence-corrected chi connectivity index (χ1v) is 7.83. The minimum absolute atomic E-state index is 0.414. The molecule has 1 aromatic rings. The fourth-order valence-electron chi connectivity index (χ4n) is 2.73. The molecule has 2 heterocycles. The first-order valence-electron chi connectivity index (χ1n) is 6.89. The molecule has 18 heavy (non-hydrogen) atoms. The lowest BCUT2D eigenvalue weighted by Crippen LogP contribution is -2.49. The second-order valence-electron chi connectivity index (χ2n) is 5.54. The topological polar surface area (TPSA) is 32.5 Å². The van der Waals surface area contributed by atoms with Crippen molar-refractivity contribution in [2.75, 3.05) is 39.3 Å². The van der Waals surface area contributed by atoms with E-state index >= 15 is 0 Å². The molecule has 0 saturated carbocycles. The van der Waals surface area contributed by atoms with Gasteiger partial charge in [-0.3, -0.25) is 4.90 Å².